The zero-order chi connectivity index (χ0) is 20.9. The maximum absolute atomic E-state index is 5.94. The first-order chi connectivity index (χ1) is 14.8. The van der Waals surface area contributed by atoms with Crippen LogP contribution in [0.1, 0.15) is 56.6 Å². The van der Waals surface area contributed by atoms with Crippen LogP contribution in [0.25, 0.3) is 0 Å². The first kappa shape index (κ1) is 26.4. The summed E-state index contributed by atoms with van der Waals surface area (Å²) < 4.78 is 11.3. The molecule has 0 spiro atoms. The molecule has 0 bridgehead atoms. The van der Waals surface area contributed by atoms with Gasteiger partial charge in [0, 0.05) is 39.5 Å². The van der Waals surface area contributed by atoms with Gasteiger partial charge in [-0.15, -0.1) is 24.0 Å². The Bertz CT molecular complexity index is 615. The summed E-state index contributed by atoms with van der Waals surface area (Å²) in [6.45, 7) is 10.5. The van der Waals surface area contributed by atoms with Crippen LogP contribution in [0.15, 0.2) is 29.3 Å². The number of hydrogen-bond donors (Lipinski definition) is 2. The summed E-state index contributed by atoms with van der Waals surface area (Å²) in [5.41, 5.74) is 2.65. The number of halogens is 1. The summed E-state index contributed by atoms with van der Waals surface area (Å²) in [5.74, 6) is 0.876. The van der Waals surface area contributed by atoms with Crippen LogP contribution in [0.3, 0.4) is 0 Å². The molecule has 176 valence electrons. The molecule has 0 saturated carbocycles. The molecule has 2 aliphatic heterocycles. The van der Waals surface area contributed by atoms with Crippen molar-refractivity contribution < 1.29 is 9.47 Å². The molecule has 0 aliphatic carbocycles. The molecule has 31 heavy (non-hydrogen) atoms. The average molecular weight is 545 g/mol. The number of ether oxygens (including phenoxy) is 2. The molecule has 0 amide bonds. The number of nitrogens with zero attached hydrogens (tertiary/aromatic N) is 2. The van der Waals surface area contributed by atoms with Gasteiger partial charge in [-0.3, -0.25) is 4.90 Å². The Kier molecular flexibility index (Phi) is 13.5. The predicted molar refractivity (Wildman–Crippen MR) is 138 cm³/mol. The Morgan fingerprint density at radius 1 is 1.06 bits per heavy atom. The van der Waals surface area contributed by atoms with E-state index in [0.717, 1.165) is 64.7 Å². The maximum atomic E-state index is 5.94. The van der Waals surface area contributed by atoms with Crippen molar-refractivity contribution in [1.29, 1.82) is 0 Å². The molecule has 3 rings (SSSR count). The number of likely N-dealkylation sites (tertiary alicyclic amines) is 1. The van der Waals surface area contributed by atoms with Gasteiger partial charge in [0.05, 0.1) is 12.6 Å². The fourth-order valence-electron chi connectivity index (χ4n) is 4.01. The van der Waals surface area contributed by atoms with E-state index < -0.39 is 0 Å². The summed E-state index contributed by atoms with van der Waals surface area (Å²) in [6.07, 6.45) is 7.47. The molecular weight excluding hydrogens is 503 g/mol. The van der Waals surface area contributed by atoms with Crippen LogP contribution in [0.2, 0.25) is 0 Å². The standard InChI is InChI=1S/C24H40N4O2.HI/c1-2-25-24(26-13-6-16-30-23-11-17-29-18-12-23)27-19-21-7-9-22(10-8-21)20-28-14-4-3-5-15-28;/h7-10,23H,2-6,11-20H2,1H3,(H2,25,26,27);1H. The van der Waals surface area contributed by atoms with Crippen LogP contribution in [0.4, 0.5) is 0 Å². The Hall–Kier alpha value is -0.900. The number of benzene rings is 1. The molecular formula is C24H41IN4O2. The molecule has 2 heterocycles. The third-order valence-electron chi connectivity index (χ3n) is 5.78. The number of hydrogen-bond acceptors (Lipinski definition) is 4. The van der Waals surface area contributed by atoms with Gasteiger partial charge in [-0.2, -0.15) is 0 Å². The lowest BCUT2D eigenvalue weighted by atomic mass is 10.1. The highest BCUT2D eigenvalue weighted by Crippen LogP contribution is 2.14. The first-order valence-corrected chi connectivity index (χ1v) is 11.8. The van der Waals surface area contributed by atoms with E-state index in [1.165, 1.54) is 43.5 Å². The number of aliphatic imine (C=N–C) groups is 1. The second-order valence-electron chi connectivity index (χ2n) is 8.31. The summed E-state index contributed by atoms with van der Waals surface area (Å²) in [6, 6.07) is 8.95. The highest BCUT2D eigenvalue weighted by Gasteiger charge is 2.13. The Morgan fingerprint density at radius 2 is 1.77 bits per heavy atom. The molecule has 2 fully saturated rings. The first-order valence-electron chi connectivity index (χ1n) is 11.8. The fourth-order valence-corrected chi connectivity index (χ4v) is 4.01. The minimum atomic E-state index is 0. The molecule has 0 aromatic heterocycles. The third kappa shape index (κ3) is 10.5. The number of nitrogens with one attached hydrogen (secondary N) is 2. The third-order valence-corrected chi connectivity index (χ3v) is 5.78. The van der Waals surface area contributed by atoms with Gasteiger partial charge in [0.15, 0.2) is 5.96 Å². The van der Waals surface area contributed by atoms with E-state index >= 15 is 0 Å². The second kappa shape index (κ2) is 15.8. The topological polar surface area (TPSA) is 58.1 Å². The van der Waals surface area contributed by atoms with Gasteiger partial charge in [0.1, 0.15) is 0 Å². The minimum absolute atomic E-state index is 0. The Balaban J connectivity index is 0.00000341. The number of rotatable bonds is 10. The van der Waals surface area contributed by atoms with Crippen LogP contribution in [-0.2, 0) is 22.6 Å². The highest BCUT2D eigenvalue weighted by atomic mass is 127. The van der Waals surface area contributed by atoms with E-state index in [-0.39, 0.29) is 24.0 Å². The zero-order valence-electron chi connectivity index (χ0n) is 19.1. The average Bonchev–Trinajstić information content (AvgIpc) is 2.79. The van der Waals surface area contributed by atoms with E-state index in [9.17, 15) is 0 Å². The lowest BCUT2D eigenvalue weighted by molar-refractivity contribution is -0.0320. The Morgan fingerprint density at radius 3 is 2.48 bits per heavy atom. The summed E-state index contributed by atoms with van der Waals surface area (Å²) >= 11 is 0. The summed E-state index contributed by atoms with van der Waals surface area (Å²) in [7, 11) is 0. The molecule has 0 atom stereocenters. The second-order valence-corrected chi connectivity index (χ2v) is 8.31. The van der Waals surface area contributed by atoms with Gasteiger partial charge in [0.2, 0.25) is 0 Å². The molecule has 1 aromatic rings. The summed E-state index contributed by atoms with van der Waals surface area (Å²) in [4.78, 5) is 7.31. The van der Waals surface area contributed by atoms with Gasteiger partial charge in [-0.1, -0.05) is 30.7 Å². The van der Waals surface area contributed by atoms with Crippen LogP contribution < -0.4 is 10.6 Å². The highest BCUT2D eigenvalue weighted by molar-refractivity contribution is 14.0. The molecule has 7 heteroatoms. The van der Waals surface area contributed by atoms with E-state index in [4.69, 9.17) is 14.5 Å². The van der Waals surface area contributed by atoms with E-state index in [2.05, 4.69) is 46.7 Å². The monoisotopic (exact) mass is 544 g/mol. The van der Waals surface area contributed by atoms with Crippen molar-refractivity contribution in [1.82, 2.24) is 15.5 Å². The van der Waals surface area contributed by atoms with Crippen molar-refractivity contribution >= 4 is 29.9 Å². The van der Waals surface area contributed by atoms with Crippen molar-refractivity contribution in [2.75, 3.05) is 46.0 Å². The van der Waals surface area contributed by atoms with Crippen LogP contribution in [-0.4, -0.2) is 63.0 Å². The predicted octanol–water partition coefficient (Wildman–Crippen LogP) is 3.93. The van der Waals surface area contributed by atoms with E-state index in [0.29, 0.717) is 12.6 Å². The van der Waals surface area contributed by atoms with Crippen molar-refractivity contribution in [3.63, 3.8) is 0 Å². The summed E-state index contributed by atoms with van der Waals surface area (Å²) in [5, 5.41) is 6.76. The van der Waals surface area contributed by atoms with Gasteiger partial charge in [-0.05, 0) is 63.2 Å². The van der Waals surface area contributed by atoms with Gasteiger partial charge in [-0.25, -0.2) is 4.99 Å². The lowest BCUT2D eigenvalue weighted by Gasteiger charge is -2.26. The van der Waals surface area contributed by atoms with Gasteiger partial charge >= 0.3 is 0 Å². The van der Waals surface area contributed by atoms with Crippen molar-refractivity contribution in [2.45, 2.75) is 64.6 Å². The number of guanidine groups is 1. The van der Waals surface area contributed by atoms with Gasteiger partial charge in [0.25, 0.3) is 0 Å². The van der Waals surface area contributed by atoms with E-state index in [1.54, 1.807) is 0 Å². The molecule has 2 saturated heterocycles. The molecule has 2 aliphatic rings. The largest absolute Gasteiger partial charge is 0.381 e. The molecule has 6 nitrogen and oxygen atoms in total. The lowest BCUT2D eigenvalue weighted by Crippen LogP contribution is -2.38. The Labute approximate surface area is 205 Å². The minimum Gasteiger partial charge on any atom is -0.381 e. The van der Waals surface area contributed by atoms with Crippen LogP contribution in [0.5, 0.6) is 0 Å². The fraction of sp³-hybridized carbons (Fsp3) is 0.708. The van der Waals surface area contributed by atoms with Crippen LogP contribution in [0, 0.1) is 0 Å². The molecule has 0 radical (unpaired) electrons. The molecule has 0 unspecified atom stereocenters. The molecule has 2 N–H and O–H groups in total. The van der Waals surface area contributed by atoms with Crippen molar-refractivity contribution in [2.24, 2.45) is 4.99 Å². The van der Waals surface area contributed by atoms with E-state index in [1.807, 2.05) is 0 Å². The molecule has 1 aromatic carbocycles. The number of piperidine rings is 1. The normalized spacial score (nSPS) is 18.4. The van der Waals surface area contributed by atoms with Gasteiger partial charge < -0.3 is 20.1 Å². The maximum Gasteiger partial charge on any atom is 0.191 e. The van der Waals surface area contributed by atoms with Crippen LogP contribution >= 0.6 is 24.0 Å². The smallest absolute Gasteiger partial charge is 0.191 e. The zero-order valence-corrected chi connectivity index (χ0v) is 21.4. The SMILES string of the molecule is CCNC(=NCc1ccc(CN2CCCCC2)cc1)NCCCOC1CCOCC1.I. The van der Waals surface area contributed by atoms with Crippen molar-refractivity contribution in [3.8, 4) is 0 Å². The van der Waals surface area contributed by atoms with Crippen molar-refractivity contribution in [3.05, 3.63) is 35.4 Å². The quantitative estimate of drug-likeness (QED) is 0.202.